The SMILES string of the molecule is Cc1ccnc(NS(=O)(=O)c2ccc(NC(=O)Cn3nc(-c4ccncc4)ccc3=O)cc2)n1. The molecule has 1 aromatic carbocycles. The van der Waals surface area contributed by atoms with E-state index in [1.165, 1.54) is 36.5 Å². The number of hydrogen-bond acceptors (Lipinski definition) is 8. The van der Waals surface area contributed by atoms with Crippen molar-refractivity contribution >= 4 is 27.6 Å². The molecule has 12 heteroatoms. The van der Waals surface area contributed by atoms with Crippen LogP contribution >= 0.6 is 0 Å². The monoisotopic (exact) mass is 477 g/mol. The number of benzene rings is 1. The first-order chi connectivity index (χ1) is 16.3. The molecule has 4 rings (SSSR count). The Bertz CT molecular complexity index is 1490. The summed E-state index contributed by atoms with van der Waals surface area (Å²) in [6.07, 6.45) is 4.66. The first-order valence-electron chi connectivity index (χ1n) is 10.0. The number of nitrogens with zero attached hydrogens (tertiary/aromatic N) is 5. The average molecular weight is 478 g/mol. The van der Waals surface area contributed by atoms with Gasteiger partial charge in [-0.2, -0.15) is 5.10 Å². The zero-order chi connectivity index (χ0) is 24.1. The van der Waals surface area contributed by atoms with Gasteiger partial charge in [-0.15, -0.1) is 0 Å². The molecule has 172 valence electrons. The van der Waals surface area contributed by atoms with Crippen LogP contribution in [0, 0.1) is 6.92 Å². The molecule has 3 heterocycles. The Morgan fingerprint density at radius 3 is 2.41 bits per heavy atom. The van der Waals surface area contributed by atoms with E-state index >= 15 is 0 Å². The van der Waals surface area contributed by atoms with Crippen LogP contribution in [0.3, 0.4) is 0 Å². The molecule has 0 aliphatic rings. The van der Waals surface area contributed by atoms with Gasteiger partial charge in [-0.3, -0.25) is 14.6 Å². The first-order valence-corrected chi connectivity index (χ1v) is 11.5. The van der Waals surface area contributed by atoms with Crippen molar-refractivity contribution in [2.24, 2.45) is 0 Å². The van der Waals surface area contributed by atoms with Crippen molar-refractivity contribution in [1.29, 1.82) is 0 Å². The third-order valence-electron chi connectivity index (χ3n) is 4.60. The number of anilines is 2. The number of sulfonamides is 1. The van der Waals surface area contributed by atoms with Gasteiger partial charge in [-0.25, -0.2) is 27.8 Å². The molecule has 0 saturated heterocycles. The van der Waals surface area contributed by atoms with Crippen molar-refractivity contribution in [3.63, 3.8) is 0 Å². The van der Waals surface area contributed by atoms with E-state index in [0.717, 1.165) is 10.2 Å². The van der Waals surface area contributed by atoms with Gasteiger partial charge in [0, 0.05) is 41.6 Å². The number of hydrogen-bond donors (Lipinski definition) is 2. The van der Waals surface area contributed by atoms with Crippen molar-refractivity contribution in [2.45, 2.75) is 18.4 Å². The third kappa shape index (κ3) is 5.48. The molecule has 1 amide bonds. The summed E-state index contributed by atoms with van der Waals surface area (Å²) in [5, 5.41) is 6.86. The van der Waals surface area contributed by atoms with Crippen LogP contribution in [-0.4, -0.2) is 39.1 Å². The molecule has 0 bridgehead atoms. The highest BCUT2D eigenvalue weighted by atomic mass is 32.2. The van der Waals surface area contributed by atoms with E-state index in [2.05, 4.69) is 30.1 Å². The van der Waals surface area contributed by atoms with Crippen molar-refractivity contribution in [3.8, 4) is 11.3 Å². The molecular weight excluding hydrogens is 458 g/mol. The van der Waals surface area contributed by atoms with Gasteiger partial charge in [0.1, 0.15) is 6.54 Å². The molecule has 0 aliphatic carbocycles. The Hall–Kier alpha value is -4.45. The largest absolute Gasteiger partial charge is 0.324 e. The Labute approximate surface area is 194 Å². The van der Waals surface area contributed by atoms with Crippen LogP contribution in [0.4, 0.5) is 11.6 Å². The van der Waals surface area contributed by atoms with Crippen molar-refractivity contribution in [3.05, 3.63) is 89.2 Å². The van der Waals surface area contributed by atoms with Crippen LogP contribution in [0.25, 0.3) is 11.3 Å². The molecule has 0 aliphatic heterocycles. The fourth-order valence-corrected chi connectivity index (χ4v) is 3.92. The van der Waals surface area contributed by atoms with Gasteiger partial charge in [0.2, 0.25) is 11.9 Å². The number of aromatic nitrogens is 5. The standard InChI is InChI=1S/C22H19N7O4S/c1-15-8-13-24-22(25-15)28-34(32,33)18-4-2-17(3-5-18)26-20(30)14-29-21(31)7-6-19(27-29)16-9-11-23-12-10-16/h2-13H,14H2,1H3,(H,26,30)(H,24,25,28). The summed E-state index contributed by atoms with van der Waals surface area (Å²) in [6.45, 7) is 1.40. The van der Waals surface area contributed by atoms with Gasteiger partial charge < -0.3 is 5.32 Å². The normalized spacial score (nSPS) is 11.1. The van der Waals surface area contributed by atoms with Gasteiger partial charge in [-0.05, 0) is 55.5 Å². The van der Waals surface area contributed by atoms with Crippen LogP contribution in [0.1, 0.15) is 5.69 Å². The zero-order valence-electron chi connectivity index (χ0n) is 17.9. The number of aryl methyl sites for hydroxylation is 1. The molecule has 0 atom stereocenters. The Kier molecular flexibility index (Phi) is 6.41. The molecule has 0 saturated carbocycles. The van der Waals surface area contributed by atoms with Gasteiger partial charge in [-0.1, -0.05) is 0 Å². The third-order valence-corrected chi connectivity index (χ3v) is 5.95. The molecule has 0 fully saturated rings. The molecule has 34 heavy (non-hydrogen) atoms. The minimum atomic E-state index is -3.91. The predicted octanol–water partition coefficient (Wildman–Crippen LogP) is 1.84. The summed E-state index contributed by atoms with van der Waals surface area (Å²) in [5.74, 6) is -0.535. The van der Waals surface area contributed by atoms with E-state index in [-0.39, 0.29) is 17.4 Å². The molecule has 3 aromatic heterocycles. The van der Waals surface area contributed by atoms with Crippen molar-refractivity contribution < 1.29 is 13.2 Å². The molecular formula is C22H19N7O4S. The summed E-state index contributed by atoms with van der Waals surface area (Å²) in [5.41, 5.74) is 1.82. The topological polar surface area (TPSA) is 149 Å². The number of carbonyl (C=O) groups is 1. The lowest BCUT2D eigenvalue weighted by Gasteiger charge is -2.10. The second-order valence-corrected chi connectivity index (χ2v) is 8.83. The molecule has 4 aromatic rings. The molecule has 0 spiro atoms. The highest BCUT2D eigenvalue weighted by molar-refractivity contribution is 7.92. The quantitative estimate of drug-likeness (QED) is 0.410. The fourth-order valence-electron chi connectivity index (χ4n) is 2.97. The Balaban J connectivity index is 1.44. The maximum absolute atomic E-state index is 12.5. The molecule has 11 nitrogen and oxygen atoms in total. The maximum Gasteiger partial charge on any atom is 0.267 e. The van der Waals surface area contributed by atoms with Crippen LogP contribution < -0.4 is 15.6 Å². The van der Waals surface area contributed by atoms with Gasteiger partial charge in [0.25, 0.3) is 15.6 Å². The Morgan fingerprint density at radius 1 is 0.971 bits per heavy atom. The van der Waals surface area contributed by atoms with E-state index in [0.29, 0.717) is 17.1 Å². The van der Waals surface area contributed by atoms with Crippen LogP contribution in [0.15, 0.2) is 82.9 Å². The lowest BCUT2D eigenvalue weighted by atomic mass is 10.2. The summed E-state index contributed by atoms with van der Waals surface area (Å²) in [6, 6.07) is 13.6. The maximum atomic E-state index is 12.5. The number of amides is 1. The molecule has 2 N–H and O–H groups in total. The summed E-state index contributed by atoms with van der Waals surface area (Å²) in [4.78, 5) is 36.4. The van der Waals surface area contributed by atoms with Crippen LogP contribution in [0.5, 0.6) is 0 Å². The lowest BCUT2D eigenvalue weighted by molar-refractivity contribution is -0.117. The van der Waals surface area contributed by atoms with Crippen molar-refractivity contribution in [1.82, 2.24) is 24.7 Å². The zero-order valence-corrected chi connectivity index (χ0v) is 18.7. The molecule has 0 radical (unpaired) electrons. The minimum Gasteiger partial charge on any atom is -0.324 e. The van der Waals surface area contributed by atoms with Crippen molar-refractivity contribution in [2.75, 3.05) is 10.0 Å². The van der Waals surface area contributed by atoms with E-state index < -0.39 is 21.5 Å². The lowest BCUT2D eigenvalue weighted by Crippen LogP contribution is -2.29. The number of nitrogens with one attached hydrogen (secondary N) is 2. The summed E-state index contributed by atoms with van der Waals surface area (Å²) >= 11 is 0. The second-order valence-electron chi connectivity index (χ2n) is 7.15. The molecule has 0 unspecified atom stereocenters. The predicted molar refractivity (Wildman–Crippen MR) is 124 cm³/mol. The van der Waals surface area contributed by atoms with Gasteiger partial charge in [0.15, 0.2) is 0 Å². The number of rotatable bonds is 7. The van der Waals surface area contributed by atoms with E-state index in [9.17, 15) is 18.0 Å². The van der Waals surface area contributed by atoms with Crippen LogP contribution in [0.2, 0.25) is 0 Å². The average Bonchev–Trinajstić information content (AvgIpc) is 2.81. The van der Waals surface area contributed by atoms with E-state index in [1.807, 2.05) is 0 Å². The highest BCUT2D eigenvalue weighted by Gasteiger charge is 2.16. The van der Waals surface area contributed by atoms with E-state index in [4.69, 9.17) is 0 Å². The highest BCUT2D eigenvalue weighted by Crippen LogP contribution is 2.17. The van der Waals surface area contributed by atoms with Gasteiger partial charge in [0.05, 0.1) is 10.6 Å². The Morgan fingerprint density at radius 2 is 1.71 bits per heavy atom. The second kappa shape index (κ2) is 9.58. The minimum absolute atomic E-state index is 0.0291. The van der Waals surface area contributed by atoms with Gasteiger partial charge >= 0.3 is 0 Å². The summed E-state index contributed by atoms with van der Waals surface area (Å²) < 4.78 is 28.4. The number of pyridine rings is 1. The van der Waals surface area contributed by atoms with Crippen LogP contribution in [-0.2, 0) is 21.4 Å². The number of carbonyl (C=O) groups excluding carboxylic acids is 1. The smallest absolute Gasteiger partial charge is 0.267 e. The summed E-state index contributed by atoms with van der Waals surface area (Å²) in [7, 11) is -3.91. The first kappa shape index (κ1) is 22.7. The fraction of sp³-hybridized carbons (Fsp3) is 0.0909. The van der Waals surface area contributed by atoms with E-state index in [1.54, 1.807) is 43.6 Å².